The molecule has 0 fully saturated rings. The van der Waals surface area contributed by atoms with Crippen molar-refractivity contribution in [3.63, 3.8) is 0 Å². The van der Waals surface area contributed by atoms with Crippen molar-refractivity contribution in [3.8, 4) is 0 Å². The lowest BCUT2D eigenvalue weighted by atomic mass is 10.2. The summed E-state index contributed by atoms with van der Waals surface area (Å²) < 4.78 is 2.86. The van der Waals surface area contributed by atoms with Crippen molar-refractivity contribution in [2.75, 3.05) is 5.73 Å². The largest absolute Gasteiger partial charge is 0.399 e. The predicted molar refractivity (Wildman–Crippen MR) is 59.9 cm³/mol. The highest BCUT2D eigenvalue weighted by Crippen LogP contribution is 2.10. The summed E-state index contributed by atoms with van der Waals surface area (Å²) in [5.74, 6) is 0. The predicted octanol–water partition coefficient (Wildman–Crippen LogP) is 2.28. The fourth-order valence-corrected chi connectivity index (χ4v) is 1.56. The molecule has 72 valence electrons. The molecular weight excluding hydrogens is 242 g/mol. The Labute approximate surface area is 90.7 Å². The van der Waals surface area contributed by atoms with Gasteiger partial charge < -0.3 is 5.73 Å². The Morgan fingerprint density at radius 3 is 2.57 bits per heavy atom. The highest BCUT2D eigenvalue weighted by Gasteiger charge is 1.96. The SMILES string of the molecule is Nc1ccc(Cn2cc(Br)cn2)cc1. The first-order valence-corrected chi connectivity index (χ1v) is 5.06. The topological polar surface area (TPSA) is 43.8 Å². The van der Waals surface area contributed by atoms with Gasteiger partial charge in [0.1, 0.15) is 0 Å². The van der Waals surface area contributed by atoms with Gasteiger partial charge in [-0.15, -0.1) is 0 Å². The van der Waals surface area contributed by atoms with Crippen molar-refractivity contribution in [2.45, 2.75) is 6.54 Å². The van der Waals surface area contributed by atoms with Gasteiger partial charge in [-0.2, -0.15) is 5.10 Å². The third-order valence-corrected chi connectivity index (χ3v) is 2.34. The third-order valence-electron chi connectivity index (χ3n) is 1.93. The molecule has 0 unspecified atom stereocenters. The van der Waals surface area contributed by atoms with E-state index in [1.54, 1.807) is 6.20 Å². The van der Waals surface area contributed by atoms with Crippen LogP contribution in [0.5, 0.6) is 0 Å². The summed E-state index contributed by atoms with van der Waals surface area (Å²) in [7, 11) is 0. The number of rotatable bonds is 2. The van der Waals surface area contributed by atoms with E-state index in [4.69, 9.17) is 5.73 Å². The van der Waals surface area contributed by atoms with Crippen molar-refractivity contribution in [3.05, 3.63) is 46.7 Å². The maximum atomic E-state index is 5.59. The molecule has 1 heterocycles. The van der Waals surface area contributed by atoms with E-state index in [0.29, 0.717) is 0 Å². The molecule has 1 aromatic carbocycles. The van der Waals surface area contributed by atoms with E-state index >= 15 is 0 Å². The molecule has 0 atom stereocenters. The summed E-state index contributed by atoms with van der Waals surface area (Å²) in [5, 5.41) is 4.17. The molecule has 0 radical (unpaired) electrons. The minimum Gasteiger partial charge on any atom is -0.399 e. The van der Waals surface area contributed by atoms with E-state index in [1.165, 1.54) is 5.56 Å². The van der Waals surface area contributed by atoms with Crippen molar-refractivity contribution >= 4 is 21.6 Å². The Morgan fingerprint density at radius 2 is 2.00 bits per heavy atom. The van der Waals surface area contributed by atoms with Gasteiger partial charge in [0, 0.05) is 11.9 Å². The lowest BCUT2D eigenvalue weighted by Crippen LogP contribution is -1.99. The normalized spacial score (nSPS) is 10.4. The number of aromatic nitrogens is 2. The smallest absolute Gasteiger partial charge is 0.0659 e. The van der Waals surface area contributed by atoms with Crippen LogP contribution in [0.4, 0.5) is 5.69 Å². The summed E-state index contributed by atoms with van der Waals surface area (Å²) in [6, 6.07) is 7.80. The Balaban J connectivity index is 2.15. The number of hydrogen-bond donors (Lipinski definition) is 1. The molecule has 0 aliphatic heterocycles. The van der Waals surface area contributed by atoms with Gasteiger partial charge in [-0.1, -0.05) is 12.1 Å². The maximum Gasteiger partial charge on any atom is 0.0659 e. The molecule has 0 aliphatic carbocycles. The van der Waals surface area contributed by atoms with E-state index in [9.17, 15) is 0 Å². The molecule has 0 saturated heterocycles. The maximum absolute atomic E-state index is 5.59. The first-order valence-electron chi connectivity index (χ1n) is 4.26. The van der Waals surface area contributed by atoms with Crippen LogP contribution in [0, 0.1) is 0 Å². The highest BCUT2D eigenvalue weighted by atomic mass is 79.9. The second-order valence-electron chi connectivity index (χ2n) is 3.10. The van der Waals surface area contributed by atoms with Gasteiger partial charge >= 0.3 is 0 Å². The first kappa shape index (κ1) is 9.27. The number of benzene rings is 1. The minimum absolute atomic E-state index is 0.770. The van der Waals surface area contributed by atoms with Crippen LogP contribution in [0.15, 0.2) is 41.1 Å². The molecule has 0 spiro atoms. The van der Waals surface area contributed by atoms with E-state index in [2.05, 4.69) is 21.0 Å². The fourth-order valence-electron chi connectivity index (χ4n) is 1.23. The number of anilines is 1. The van der Waals surface area contributed by atoms with Crippen LogP contribution in [0.2, 0.25) is 0 Å². The molecule has 3 nitrogen and oxygen atoms in total. The highest BCUT2D eigenvalue weighted by molar-refractivity contribution is 9.10. The molecule has 4 heteroatoms. The Kier molecular flexibility index (Phi) is 2.54. The number of halogens is 1. The third kappa shape index (κ3) is 2.14. The van der Waals surface area contributed by atoms with Crippen molar-refractivity contribution in [1.29, 1.82) is 0 Å². The average molecular weight is 252 g/mol. The summed E-state index contributed by atoms with van der Waals surface area (Å²) in [4.78, 5) is 0. The van der Waals surface area contributed by atoms with Crippen LogP contribution >= 0.6 is 15.9 Å². The Bertz CT molecular complexity index is 419. The molecule has 2 N–H and O–H groups in total. The van der Waals surface area contributed by atoms with Crippen molar-refractivity contribution < 1.29 is 0 Å². The van der Waals surface area contributed by atoms with Crippen LogP contribution in [0.25, 0.3) is 0 Å². The summed E-state index contributed by atoms with van der Waals surface area (Å²) >= 11 is 3.35. The summed E-state index contributed by atoms with van der Waals surface area (Å²) in [6.45, 7) is 0.770. The number of nitrogens with zero attached hydrogens (tertiary/aromatic N) is 2. The second-order valence-corrected chi connectivity index (χ2v) is 4.01. The lowest BCUT2D eigenvalue weighted by molar-refractivity contribution is 0.687. The standard InChI is InChI=1S/C10H10BrN3/c11-9-5-13-14(7-9)6-8-1-3-10(12)4-2-8/h1-5,7H,6,12H2. The van der Waals surface area contributed by atoms with Crippen LogP contribution < -0.4 is 5.73 Å². The molecule has 2 rings (SSSR count). The van der Waals surface area contributed by atoms with Gasteiger partial charge in [0.2, 0.25) is 0 Å². The van der Waals surface area contributed by atoms with Crippen LogP contribution in [0.1, 0.15) is 5.56 Å². The summed E-state index contributed by atoms with van der Waals surface area (Å²) in [5.41, 5.74) is 7.57. The quantitative estimate of drug-likeness (QED) is 0.833. The van der Waals surface area contributed by atoms with E-state index < -0.39 is 0 Å². The van der Waals surface area contributed by atoms with E-state index in [-0.39, 0.29) is 0 Å². The second kappa shape index (κ2) is 3.84. The molecule has 14 heavy (non-hydrogen) atoms. The van der Waals surface area contributed by atoms with Gasteiger partial charge in [-0.25, -0.2) is 0 Å². The lowest BCUT2D eigenvalue weighted by Gasteiger charge is -2.01. The zero-order valence-corrected chi connectivity index (χ0v) is 9.11. The molecule has 0 saturated carbocycles. The van der Waals surface area contributed by atoms with Gasteiger partial charge in [0.15, 0.2) is 0 Å². The minimum atomic E-state index is 0.770. The van der Waals surface area contributed by atoms with Crippen LogP contribution in [-0.2, 0) is 6.54 Å². The van der Waals surface area contributed by atoms with Crippen molar-refractivity contribution in [2.24, 2.45) is 0 Å². The molecule has 0 bridgehead atoms. The van der Waals surface area contributed by atoms with Gasteiger partial charge in [-0.05, 0) is 33.6 Å². The fraction of sp³-hybridized carbons (Fsp3) is 0.100. The number of nitrogens with two attached hydrogens (primary N) is 1. The summed E-state index contributed by atoms with van der Waals surface area (Å²) in [6.07, 6.45) is 3.72. The monoisotopic (exact) mass is 251 g/mol. The average Bonchev–Trinajstić information content (AvgIpc) is 2.56. The van der Waals surface area contributed by atoms with Gasteiger partial charge in [-0.3, -0.25) is 4.68 Å². The van der Waals surface area contributed by atoms with Crippen LogP contribution in [-0.4, -0.2) is 9.78 Å². The molecule has 2 aromatic rings. The first-order chi connectivity index (χ1) is 6.74. The Hall–Kier alpha value is -1.29. The zero-order chi connectivity index (χ0) is 9.97. The zero-order valence-electron chi connectivity index (χ0n) is 7.52. The Morgan fingerprint density at radius 1 is 1.29 bits per heavy atom. The van der Waals surface area contributed by atoms with E-state index in [0.717, 1.165) is 16.7 Å². The number of nitrogen functional groups attached to an aromatic ring is 1. The van der Waals surface area contributed by atoms with Gasteiger partial charge in [0.25, 0.3) is 0 Å². The van der Waals surface area contributed by atoms with Crippen LogP contribution in [0.3, 0.4) is 0 Å². The van der Waals surface area contributed by atoms with Crippen molar-refractivity contribution in [1.82, 2.24) is 9.78 Å². The molecular formula is C10H10BrN3. The number of hydrogen-bond acceptors (Lipinski definition) is 2. The van der Waals surface area contributed by atoms with Gasteiger partial charge in [0.05, 0.1) is 17.2 Å². The van der Waals surface area contributed by atoms with E-state index in [1.807, 2.05) is 35.1 Å². The molecule has 0 aliphatic rings. The molecule has 0 amide bonds. The molecule has 1 aromatic heterocycles.